The molecule has 1 aromatic heterocycles. The fourth-order valence-electron chi connectivity index (χ4n) is 5.73. The molecule has 8 nitrogen and oxygen atoms in total. The number of carbonyl (C=O) groups is 1. The Morgan fingerprint density at radius 1 is 0.972 bits per heavy atom. The molecule has 3 aliphatic heterocycles. The van der Waals surface area contributed by atoms with Crippen LogP contribution in [0.5, 0.6) is 0 Å². The van der Waals surface area contributed by atoms with E-state index in [1.54, 1.807) is 6.33 Å². The van der Waals surface area contributed by atoms with Gasteiger partial charge in [0.2, 0.25) is 0 Å². The van der Waals surface area contributed by atoms with Gasteiger partial charge < -0.3 is 25.2 Å². The van der Waals surface area contributed by atoms with Crippen LogP contribution in [0, 0.1) is 6.92 Å². The minimum absolute atomic E-state index is 0.111. The number of piperidine rings is 1. The number of hydrogen-bond acceptors (Lipinski definition) is 7. The molecule has 2 aromatic carbocycles. The van der Waals surface area contributed by atoms with Gasteiger partial charge in [-0.25, -0.2) is 9.97 Å². The standard InChI is InChI=1S/C28H34N6O2/c1-19-14-24(32-10-12-36-13-11-32)16-25-26(19)30-18-31-27(25)34-7-4-20-2-3-21(15-22(20)17-34)28(35)33-8-5-23(29)6-9-33/h2-3,14-16,18,23H,4-13,17,29H2,1H3. The van der Waals surface area contributed by atoms with E-state index in [0.29, 0.717) is 0 Å². The molecule has 0 atom stereocenters. The third kappa shape index (κ3) is 4.40. The second-order valence-corrected chi connectivity index (χ2v) is 10.2. The van der Waals surface area contributed by atoms with Crippen LogP contribution in [0.3, 0.4) is 0 Å². The second kappa shape index (κ2) is 9.67. The minimum Gasteiger partial charge on any atom is -0.378 e. The summed E-state index contributed by atoms with van der Waals surface area (Å²) in [6.45, 7) is 8.51. The normalized spacial score (nSPS) is 19.0. The molecule has 4 heterocycles. The molecule has 0 bridgehead atoms. The first-order chi connectivity index (χ1) is 17.6. The summed E-state index contributed by atoms with van der Waals surface area (Å²) < 4.78 is 5.55. The van der Waals surface area contributed by atoms with Gasteiger partial charge in [0.1, 0.15) is 12.1 Å². The van der Waals surface area contributed by atoms with E-state index in [1.165, 1.54) is 16.8 Å². The van der Waals surface area contributed by atoms with Gasteiger partial charge in [-0.15, -0.1) is 0 Å². The summed E-state index contributed by atoms with van der Waals surface area (Å²) in [5.74, 6) is 1.07. The average Bonchev–Trinajstić information content (AvgIpc) is 2.92. The number of hydrogen-bond donors (Lipinski definition) is 1. The van der Waals surface area contributed by atoms with Crippen LogP contribution in [-0.4, -0.2) is 72.8 Å². The molecule has 36 heavy (non-hydrogen) atoms. The maximum atomic E-state index is 13.2. The average molecular weight is 487 g/mol. The molecule has 3 aliphatic rings. The third-order valence-corrected chi connectivity index (χ3v) is 7.86. The molecule has 2 fully saturated rings. The van der Waals surface area contributed by atoms with Crippen LogP contribution >= 0.6 is 0 Å². The number of carbonyl (C=O) groups excluding carboxylic acids is 1. The van der Waals surface area contributed by atoms with Crippen LogP contribution in [-0.2, 0) is 17.7 Å². The molecule has 0 saturated carbocycles. The molecule has 0 spiro atoms. The fourth-order valence-corrected chi connectivity index (χ4v) is 5.73. The zero-order valence-electron chi connectivity index (χ0n) is 20.9. The number of rotatable bonds is 3. The van der Waals surface area contributed by atoms with Crippen molar-refractivity contribution in [3.63, 3.8) is 0 Å². The molecule has 8 heteroatoms. The topological polar surface area (TPSA) is 87.8 Å². The number of aromatic nitrogens is 2. The number of likely N-dealkylation sites (tertiary alicyclic amines) is 1. The van der Waals surface area contributed by atoms with Gasteiger partial charge in [-0.05, 0) is 67.1 Å². The van der Waals surface area contributed by atoms with E-state index in [-0.39, 0.29) is 11.9 Å². The van der Waals surface area contributed by atoms with Crippen molar-refractivity contribution in [1.29, 1.82) is 0 Å². The Balaban J connectivity index is 1.29. The van der Waals surface area contributed by atoms with Gasteiger partial charge in [0, 0.05) is 61.9 Å². The monoisotopic (exact) mass is 486 g/mol. The van der Waals surface area contributed by atoms with E-state index in [0.717, 1.165) is 99.6 Å². The summed E-state index contributed by atoms with van der Waals surface area (Å²) in [5.41, 5.74) is 12.7. The molecular weight excluding hydrogens is 452 g/mol. The molecule has 6 rings (SSSR count). The number of fused-ring (bicyclic) bond motifs is 2. The summed E-state index contributed by atoms with van der Waals surface area (Å²) >= 11 is 0. The largest absolute Gasteiger partial charge is 0.378 e. The van der Waals surface area contributed by atoms with Crippen LogP contribution < -0.4 is 15.5 Å². The van der Waals surface area contributed by atoms with Gasteiger partial charge in [-0.2, -0.15) is 0 Å². The van der Waals surface area contributed by atoms with E-state index in [2.05, 4.69) is 46.0 Å². The minimum atomic E-state index is 0.111. The Morgan fingerprint density at radius 3 is 2.58 bits per heavy atom. The summed E-state index contributed by atoms with van der Waals surface area (Å²) in [6.07, 6.45) is 4.35. The number of nitrogens with zero attached hydrogens (tertiary/aromatic N) is 5. The van der Waals surface area contributed by atoms with Crippen LogP contribution in [0.4, 0.5) is 11.5 Å². The summed E-state index contributed by atoms with van der Waals surface area (Å²) in [7, 11) is 0. The molecule has 2 N–H and O–H groups in total. The second-order valence-electron chi connectivity index (χ2n) is 10.2. The SMILES string of the molecule is Cc1cc(N2CCOCC2)cc2c(N3CCc4ccc(C(=O)N5CCC(N)CC5)cc4C3)ncnc12. The molecule has 0 radical (unpaired) electrons. The molecule has 188 valence electrons. The first-order valence-electron chi connectivity index (χ1n) is 13.1. The van der Waals surface area contributed by atoms with Crippen LogP contribution in [0.15, 0.2) is 36.7 Å². The van der Waals surface area contributed by atoms with Gasteiger partial charge in [-0.3, -0.25) is 4.79 Å². The number of anilines is 2. The van der Waals surface area contributed by atoms with E-state index in [4.69, 9.17) is 15.5 Å². The molecular formula is C28H34N6O2. The predicted octanol–water partition coefficient (Wildman–Crippen LogP) is 2.90. The highest BCUT2D eigenvalue weighted by Gasteiger charge is 2.25. The Hall–Kier alpha value is -3.23. The number of nitrogens with two attached hydrogens (primary N) is 1. The van der Waals surface area contributed by atoms with Gasteiger partial charge in [-0.1, -0.05) is 6.07 Å². The molecule has 1 amide bonds. The highest BCUT2D eigenvalue weighted by molar-refractivity contribution is 5.95. The maximum absolute atomic E-state index is 13.2. The van der Waals surface area contributed by atoms with Crippen molar-refractivity contribution in [1.82, 2.24) is 14.9 Å². The van der Waals surface area contributed by atoms with Crippen molar-refractivity contribution in [2.75, 3.05) is 55.7 Å². The van der Waals surface area contributed by atoms with Gasteiger partial charge in [0.25, 0.3) is 5.91 Å². The fraction of sp³-hybridized carbons (Fsp3) is 0.464. The van der Waals surface area contributed by atoms with Crippen molar-refractivity contribution < 1.29 is 9.53 Å². The van der Waals surface area contributed by atoms with Crippen molar-refractivity contribution in [3.8, 4) is 0 Å². The number of aryl methyl sites for hydroxylation is 1. The van der Waals surface area contributed by atoms with E-state index in [9.17, 15) is 4.79 Å². The summed E-state index contributed by atoms with van der Waals surface area (Å²) in [5, 5.41) is 1.08. The van der Waals surface area contributed by atoms with Crippen LogP contribution in [0.25, 0.3) is 10.9 Å². The highest BCUT2D eigenvalue weighted by atomic mass is 16.5. The lowest BCUT2D eigenvalue weighted by atomic mass is 9.96. The highest BCUT2D eigenvalue weighted by Crippen LogP contribution is 2.33. The predicted molar refractivity (Wildman–Crippen MR) is 142 cm³/mol. The Morgan fingerprint density at radius 2 is 1.78 bits per heavy atom. The number of amides is 1. The van der Waals surface area contributed by atoms with Crippen LogP contribution in [0.1, 0.15) is 39.9 Å². The molecule has 0 unspecified atom stereocenters. The lowest BCUT2D eigenvalue weighted by Gasteiger charge is -2.33. The van der Waals surface area contributed by atoms with Crippen molar-refractivity contribution >= 4 is 28.3 Å². The lowest BCUT2D eigenvalue weighted by molar-refractivity contribution is 0.0714. The zero-order valence-corrected chi connectivity index (χ0v) is 20.9. The Labute approximate surface area is 212 Å². The number of ether oxygens (including phenoxy) is 1. The molecule has 0 aliphatic carbocycles. The van der Waals surface area contributed by atoms with E-state index >= 15 is 0 Å². The third-order valence-electron chi connectivity index (χ3n) is 7.86. The zero-order chi connectivity index (χ0) is 24.6. The van der Waals surface area contributed by atoms with Gasteiger partial charge in [0.15, 0.2) is 0 Å². The maximum Gasteiger partial charge on any atom is 0.253 e. The molecule has 2 saturated heterocycles. The Bertz CT molecular complexity index is 1280. The van der Waals surface area contributed by atoms with Gasteiger partial charge in [0.05, 0.1) is 18.7 Å². The molecule has 3 aromatic rings. The quantitative estimate of drug-likeness (QED) is 0.609. The van der Waals surface area contributed by atoms with E-state index in [1.807, 2.05) is 11.0 Å². The number of morpholine rings is 1. The van der Waals surface area contributed by atoms with Crippen LogP contribution in [0.2, 0.25) is 0 Å². The number of benzene rings is 2. The van der Waals surface area contributed by atoms with Crippen molar-refractivity contribution in [2.45, 2.75) is 38.8 Å². The van der Waals surface area contributed by atoms with E-state index < -0.39 is 0 Å². The summed E-state index contributed by atoms with van der Waals surface area (Å²) in [4.78, 5) is 29.2. The Kier molecular flexibility index (Phi) is 6.23. The van der Waals surface area contributed by atoms with Crippen molar-refractivity contribution in [3.05, 3.63) is 58.9 Å². The first-order valence-corrected chi connectivity index (χ1v) is 13.1. The lowest BCUT2D eigenvalue weighted by Crippen LogP contribution is -2.43. The van der Waals surface area contributed by atoms with Crippen molar-refractivity contribution in [2.24, 2.45) is 5.73 Å². The first kappa shape index (κ1) is 23.2. The summed E-state index contributed by atoms with van der Waals surface area (Å²) in [6, 6.07) is 10.9. The van der Waals surface area contributed by atoms with Gasteiger partial charge >= 0.3 is 0 Å². The smallest absolute Gasteiger partial charge is 0.253 e.